The van der Waals surface area contributed by atoms with Crippen LogP contribution in [0.5, 0.6) is 0 Å². The predicted octanol–water partition coefficient (Wildman–Crippen LogP) is 1.76. The Morgan fingerprint density at radius 3 is 2.89 bits per heavy atom. The quantitative estimate of drug-likeness (QED) is 0.906. The van der Waals surface area contributed by atoms with E-state index >= 15 is 0 Å². The normalized spacial score (nSPS) is 24.9. The molecule has 1 aromatic heterocycles. The number of carbonyl (C=O) groups is 2. The van der Waals surface area contributed by atoms with Gasteiger partial charge in [0.2, 0.25) is 11.8 Å². The number of hydrogen-bond acceptors (Lipinski definition) is 3. The van der Waals surface area contributed by atoms with Crippen molar-refractivity contribution in [2.24, 2.45) is 0 Å². The third-order valence-corrected chi connectivity index (χ3v) is 4.00. The molecule has 0 radical (unpaired) electrons. The SMILES string of the molecule is CCC1NC(=O)CC(C)N(Cc2ccsc2)C1=O. The zero-order valence-electron chi connectivity index (χ0n) is 10.7. The van der Waals surface area contributed by atoms with Gasteiger partial charge in [0.05, 0.1) is 0 Å². The topological polar surface area (TPSA) is 49.4 Å². The Morgan fingerprint density at radius 2 is 2.28 bits per heavy atom. The van der Waals surface area contributed by atoms with Crippen molar-refractivity contribution in [3.8, 4) is 0 Å². The van der Waals surface area contributed by atoms with Gasteiger partial charge in [-0.05, 0) is 35.7 Å². The highest BCUT2D eigenvalue weighted by molar-refractivity contribution is 7.07. The summed E-state index contributed by atoms with van der Waals surface area (Å²) in [6.45, 7) is 4.44. The van der Waals surface area contributed by atoms with E-state index in [1.54, 1.807) is 11.3 Å². The van der Waals surface area contributed by atoms with Crippen molar-refractivity contribution in [3.05, 3.63) is 22.4 Å². The maximum atomic E-state index is 12.4. The summed E-state index contributed by atoms with van der Waals surface area (Å²) in [4.78, 5) is 25.9. The van der Waals surface area contributed by atoms with E-state index in [0.29, 0.717) is 19.4 Å². The van der Waals surface area contributed by atoms with Crippen LogP contribution in [0, 0.1) is 0 Å². The number of amides is 2. The molecule has 0 spiro atoms. The van der Waals surface area contributed by atoms with Crippen molar-refractivity contribution >= 4 is 23.2 Å². The van der Waals surface area contributed by atoms with Crippen LogP contribution in [0.15, 0.2) is 16.8 Å². The van der Waals surface area contributed by atoms with Crippen molar-refractivity contribution in [1.29, 1.82) is 0 Å². The van der Waals surface area contributed by atoms with Crippen LogP contribution >= 0.6 is 11.3 Å². The maximum Gasteiger partial charge on any atom is 0.245 e. The number of carbonyl (C=O) groups excluding carboxylic acids is 2. The largest absolute Gasteiger partial charge is 0.344 e. The molecule has 2 amide bonds. The van der Waals surface area contributed by atoms with Gasteiger partial charge in [-0.15, -0.1) is 0 Å². The van der Waals surface area contributed by atoms with Crippen LogP contribution in [0.25, 0.3) is 0 Å². The lowest BCUT2D eigenvalue weighted by Crippen LogP contribution is -2.45. The minimum Gasteiger partial charge on any atom is -0.344 e. The smallest absolute Gasteiger partial charge is 0.245 e. The lowest BCUT2D eigenvalue weighted by molar-refractivity contribution is -0.135. The second-order valence-corrected chi connectivity index (χ2v) is 5.46. The van der Waals surface area contributed by atoms with Crippen LogP contribution in [0.1, 0.15) is 32.3 Å². The van der Waals surface area contributed by atoms with E-state index in [9.17, 15) is 9.59 Å². The second kappa shape index (κ2) is 5.52. The van der Waals surface area contributed by atoms with Gasteiger partial charge in [-0.3, -0.25) is 9.59 Å². The summed E-state index contributed by atoms with van der Waals surface area (Å²) < 4.78 is 0. The van der Waals surface area contributed by atoms with Gasteiger partial charge in [0.25, 0.3) is 0 Å². The Kier molecular flexibility index (Phi) is 4.01. The van der Waals surface area contributed by atoms with Crippen LogP contribution in [0.3, 0.4) is 0 Å². The van der Waals surface area contributed by atoms with Crippen molar-refractivity contribution in [2.45, 2.75) is 45.3 Å². The van der Waals surface area contributed by atoms with E-state index < -0.39 is 0 Å². The van der Waals surface area contributed by atoms with Gasteiger partial charge in [-0.2, -0.15) is 11.3 Å². The lowest BCUT2D eigenvalue weighted by atomic mass is 10.1. The Morgan fingerprint density at radius 1 is 1.50 bits per heavy atom. The van der Waals surface area contributed by atoms with Gasteiger partial charge in [0, 0.05) is 19.0 Å². The van der Waals surface area contributed by atoms with Gasteiger partial charge >= 0.3 is 0 Å². The summed E-state index contributed by atoms with van der Waals surface area (Å²) in [5, 5.41) is 6.84. The molecule has 0 aromatic carbocycles. The number of thiophene rings is 1. The highest BCUT2D eigenvalue weighted by Crippen LogP contribution is 2.18. The molecule has 5 heteroatoms. The second-order valence-electron chi connectivity index (χ2n) is 4.68. The first kappa shape index (κ1) is 13.1. The van der Waals surface area contributed by atoms with Crippen LogP contribution in [-0.4, -0.2) is 28.8 Å². The zero-order chi connectivity index (χ0) is 13.1. The average Bonchev–Trinajstić information content (AvgIpc) is 2.81. The number of hydrogen-bond donors (Lipinski definition) is 1. The summed E-state index contributed by atoms with van der Waals surface area (Å²) in [6.07, 6.45) is 1.02. The lowest BCUT2D eigenvalue weighted by Gasteiger charge is -2.28. The Labute approximate surface area is 111 Å². The fourth-order valence-corrected chi connectivity index (χ4v) is 2.86. The van der Waals surface area contributed by atoms with Crippen molar-refractivity contribution in [3.63, 3.8) is 0 Å². The first-order chi connectivity index (χ1) is 8.61. The van der Waals surface area contributed by atoms with Crippen molar-refractivity contribution in [1.82, 2.24) is 10.2 Å². The minimum atomic E-state index is -0.374. The molecule has 1 aromatic rings. The molecule has 98 valence electrons. The van der Waals surface area contributed by atoms with Gasteiger partial charge in [0.1, 0.15) is 6.04 Å². The van der Waals surface area contributed by atoms with Crippen molar-refractivity contribution in [2.75, 3.05) is 0 Å². The van der Waals surface area contributed by atoms with Gasteiger partial charge in [-0.1, -0.05) is 6.92 Å². The fourth-order valence-electron chi connectivity index (χ4n) is 2.20. The first-order valence-electron chi connectivity index (χ1n) is 6.22. The molecule has 1 fully saturated rings. The predicted molar refractivity (Wildman–Crippen MR) is 71.2 cm³/mol. The van der Waals surface area contributed by atoms with Crippen LogP contribution in [0.4, 0.5) is 0 Å². The summed E-state index contributed by atoms with van der Waals surface area (Å²) in [5.41, 5.74) is 1.13. The molecule has 1 aliphatic rings. The molecule has 4 nitrogen and oxygen atoms in total. The molecular weight excluding hydrogens is 248 g/mol. The van der Waals surface area contributed by atoms with Crippen LogP contribution < -0.4 is 5.32 Å². The summed E-state index contributed by atoms with van der Waals surface area (Å²) in [7, 11) is 0. The summed E-state index contributed by atoms with van der Waals surface area (Å²) >= 11 is 1.62. The maximum absolute atomic E-state index is 12.4. The molecule has 0 bridgehead atoms. The van der Waals surface area contributed by atoms with E-state index in [1.165, 1.54) is 0 Å². The molecule has 0 aliphatic carbocycles. The molecule has 2 unspecified atom stereocenters. The van der Waals surface area contributed by atoms with E-state index in [-0.39, 0.29) is 23.9 Å². The monoisotopic (exact) mass is 266 g/mol. The van der Waals surface area contributed by atoms with E-state index in [0.717, 1.165) is 5.56 Å². The molecule has 2 rings (SSSR count). The number of nitrogens with zero attached hydrogens (tertiary/aromatic N) is 1. The van der Waals surface area contributed by atoms with Gasteiger partial charge in [0.15, 0.2) is 0 Å². The Bertz CT molecular complexity index is 430. The van der Waals surface area contributed by atoms with E-state index in [4.69, 9.17) is 0 Å². The molecular formula is C13H18N2O2S. The fraction of sp³-hybridized carbons (Fsp3) is 0.538. The standard InChI is InChI=1S/C13H18N2O2S/c1-3-11-13(17)15(7-10-4-5-18-8-10)9(2)6-12(16)14-11/h4-5,8-9,11H,3,6-7H2,1-2H3,(H,14,16). The van der Waals surface area contributed by atoms with Crippen LogP contribution in [-0.2, 0) is 16.1 Å². The van der Waals surface area contributed by atoms with Gasteiger partial charge < -0.3 is 10.2 Å². The van der Waals surface area contributed by atoms with E-state index in [1.807, 2.05) is 35.6 Å². The molecule has 2 heterocycles. The highest BCUT2D eigenvalue weighted by atomic mass is 32.1. The van der Waals surface area contributed by atoms with Crippen LogP contribution in [0.2, 0.25) is 0 Å². The Hall–Kier alpha value is -1.36. The summed E-state index contributed by atoms with van der Waals surface area (Å²) in [6, 6.07) is 1.60. The van der Waals surface area contributed by atoms with Crippen molar-refractivity contribution < 1.29 is 9.59 Å². The molecule has 1 N–H and O–H groups in total. The average molecular weight is 266 g/mol. The molecule has 1 aliphatic heterocycles. The van der Waals surface area contributed by atoms with E-state index in [2.05, 4.69) is 5.32 Å². The zero-order valence-corrected chi connectivity index (χ0v) is 11.5. The molecule has 18 heavy (non-hydrogen) atoms. The molecule has 1 saturated heterocycles. The molecule has 0 saturated carbocycles. The number of nitrogens with one attached hydrogen (secondary N) is 1. The Balaban J connectivity index is 2.19. The first-order valence-corrected chi connectivity index (χ1v) is 7.17. The third-order valence-electron chi connectivity index (χ3n) is 3.27. The minimum absolute atomic E-state index is 0.0297. The number of rotatable bonds is 3. The molecule has 2 atom stereocenters. The summed E-state index contributed by atoms with van der Waals surface area (Å²) in [5.74, 6) is -0.00225. The third kappa shape index (κ3) is 2.72. The van der Waals surface area contributed by atoms with Gasteiger partial charge in [-0.25, -0.2) is 0 Å². The highest BCUT2D eigenvalue weighted by Gasteiger charge is 2.32.